The van der Waals surface area contributed by atoms with Gasteiger partial charge >= 0.3 is 6.09 Å². The van der Waals surface area contributed by atoms with E-state index in [1.165, 1.54) is 12.1 Å². The van der Waals surface area contributed by atoms with Crippen LogP contribution in [0, 0.1) is 10.1 Å². The zero-order valence-electron chi connectivity index (χ0n) is 17.0. The number of nitrogens with one attached hydrogen (secondary N) is 1. The maximum atomic E-state index is 12.2. The Morgan fingerprint density at radius 2 is 1.75 bits per heavy atom. The Morgan fingerprint density at radius 3 is 2.38 bits per heavy atom. The molecule has 0 radical (unpaired) electrons. The van der Waals surface area contributed by atoms with E-state index in [0.717, 1.165) is 22.3 Å². The minimum Gasteiger partial charge on any atom is -0.449 e. The average Bonchev–Trinajstić information content (AvgIpc) is 3.10. The molecule has 0 fully saturated rings. The number of halogens is 1. The van der Waals surface area contributed by atoms with Crippen molar-refractivity contribution in [2.45, 2.75) is 5.92 Å². The number of nitrogens with zero attached hydrogens (tertiary/aromatic N) is 1. The summed E-state index contributed by atoms with van der Waals surface area (Å²) in [4.78, 5) is 22.6. The van der Waals surface area contributed by atoms with E-state index in [0.29, 0.717) is 5.56 Å². The normalized spacial score (nSPS) is 12.4. The lowest BCUT2D eigenvalue weighted by Gasteiger charge is -2.14. The Balaban J connectivity index is 1.35. The number of amides is 1. The SMILES string of the molecule is Nc1cc(Cl)c(C=CCNC(=O)OCC2c3ccccc3-c3ccccc32)cc1[N+](=O)[O-]. The number of carbonyl (C=O) groups excluding carboxylic acids is 1. The Bertz CT molecular complexity index is 1180. The van der Waals surface area contributed by atoms with E-state index in [1.807, 2.05) is 24.3 Å². The summed E-state index contributed by atoms with van der Waals surface area (Å²) in [5.74, 6) is -0.0159. The van der Waals surface area contributed by atoms with Crippen molar-refractivity contribution < 1.29 is 14.5 Å². The van der Waals surface area contributed by atoms with Crippen molar-refractivity contribution in [2.75, 3.05) is 18.9 Å². The van der Waals surface area contributed by atoms with Gasteiger partial charge in [0.25, 0.3) is 5.69 Å². The molecule has 1 amide bonds. The first-order valence-electron chi connectivity index (χ1n) is 9.94. The molecule has 3 aromatic carbocycles. The maximum absolute atomic E-state index is 12.2. The van der Waals surface area contributed by atoms with Gasteiger partial charge in [-0.25, -0.2) is 4.79 Å². The van der Waals surface area contributed by atoms with Crippen LogP contribution >= 0.6 is 11.6 Å². The molecule has 7 nitrogen and oxygen atoms in total. The molecule has 32 heavy (non-hydrogen) atoms. The molecule has 0 spiro atoms. The lowest BCUT2D eigenvalue weighted by Crippen LogP contribution is -2.26. The number of benzene rings is 3. The van der Waals surface area contributed by atoms with Crippen molar-refractivity contribution in [1.82, 2.24) is 5.32 Å². The monoisotopic (exact) mass is 449 g/mol. The van der Waals surface area contributed by atoms with E-state index in [-0.39, 0.29) is 35.5 Å². The van der Waals surface area contributed by atoms with Crippen molar-refractivity contribution in [2.24, 2.45) is 0 Å². The number of nitro benzene ring substituents is 1. The number of fused-ring (bicyclic) bond motifs is 3. The first-order valence-corrected chi connectivity index (χ1v) is 10.3. The summed E-state index contributed by atoms with van der Waals surface area (Å²) in [7, 11) is 0. The molecule has 3 aromatic rings. The molecule has 8 heteroatoms. The first kappa shape index (κ1) is 21.4. The van der Waals surface area contributed by atoms with Crippen LogP contribution in [0.1, 0.15) is 22.6 Å². The van der Waals surface area contributed by atoms with Crippen molar-refractivity contribution in [3.63, 3.8) is 0 Å². The van der Waals surface area contributed by atoms with Crippen LogP contribution in [-0.2, 0) is 4.74 Å². The lowest BCUT2D eigenvalue weighted by atomic mass is 9.98. The van der Waals surface area contributed by atoms with Crippen LogP contribution in [0.25, 0.3) is 17.2 Å². The molecule has 0 aliphatic heterocycles. The van der Waals surface area contributed by atoms with E-state index in [4.69, 9.17) is 22.1 Å². The number of nitrogen functional groups attached to an aromatic ring is 1. The highest BCUT2D eigenvalue weighted by molar-refractivity contribution is 6.32. The van der Waals surface area contributed by atoms with E-state index in [2.05, 4.69) is 29.6 Å². The number of nitro groups is 1. The third-order valence-electron chi connectivity index (χ3n) is 5.35. The van der Waals surface area contributed by atoms with Crippen LogP contribution in [0.3, 0.4) is 0 Å². The second-order valence-corrected chi connectivity index (χ2v) is 7.71. The Morgan fingerprint density at radius 1 is 1.12 bits per heavy atom. The van der Waals surface area contributed by atoms with Crippen molar-refractivity contribution in [3.05, 3.63) is 98.6 Å². The summed E-state index contributed by atoms with van der Waals surface area (Å²) in [5, 5.41) is 14.0. The van der Waals surface area contributed by atoms with Gasteiger partial charge in [-0.15, -0.1) is 0 Å². The molecule has 0 bridgehead atoms. The van der Waals surface area contributed by atoms with Gasteiger partial charge in [-0.05, 0) is 33.9 Å². The van der Waals surface area contributed by atoms with E-state index < -0.39 is 11.0 Å². The number of ether oxygens (including phenoxy) is 1. The predicted octanol–water partition coefficient (Wildman–Crippen LogP) is 5.38. The fourth-order valence-electron chi connectivity index (χ4n) is 3.86. The number of carbonyl (C=O) groups is 1. The predicted molar refractivity (Wildman–Crippen MR) is 125 cm³/mol. The molecule has 1 aliphatic carbocycles. The van der Waals surface area contributed by atoms with Crippen molar-refractivity contribution in [3.8, 4) is 11.1 Å². The van der Waals surface area contributed by atoms with Gasteiger partial charge in [0, 0.05) is 18.5 Å². The van der Waals surface area contributed by atoms with Gasteiger partial charge in [-0.3, -0.25) is 10.1 Å². The smallest absolute Gasteiger partial charge is 0.407 e. The third-order valence-corrected chi connectivity index (χ3v) is 5.68. The summed E-state index contributed by atoms with van der Waals surface area (Å²) in [6.45, 7) is 0.394. The van der Waals surface area contributed by atoms with Crippen LogP contribution in [0.4, 0.5) is 16.2 Å². The molecule has 1 aliphatic rings. The average molecular weight is 450 g/mol. The summed E-state index contributed by atoms with van der Waals surface area (Å²) in [6, 6.07) is 18.8. The number of rotatable bonds is 6. The Labute approximate surface area is 189 Å². The number of hydrogen-bond acceptors (Lipinski definition) is 5. The zero-order chi connectivity index (χ0) is 22.7. The molecule has 3 N–H and O–H groups in total. The van der Waals surface area contributed by atoms with Crippen LogP contribution in [-0.4, -0.2) is 24.2 Å². The molecular formula is C24H20ClN3O4. The standard InChI is InChI=1S/C24H20ClN3O4/c25-21-13-22(26)23(28(30)31)12-15(21)6-5-11-27-24(29)32-14-20-18-9-3-1-7-16(18)17-8-2-4-10-19(17)20/h1-10,12-13,20H,11,14,26H2,(H,27,29). The van der Waals surface area contributed by atoms with Crippen LogP contribution in [0.2, 0.25) is 5.02 Å². The molecule has 0 unspecified atom stereocenters. The molecule has 0 atom stereocenters. The minimum atomic E-state index is -0.571. The highest BCUT2D eigenvalue weighted by atomic mass is 35.5. The lowest BCUT2D eigenvalue weighted by molar-refractivity contribution is -0.383. The number of nitrogens with two attached hydrogens (primary N) is 1. The second-order valence-electron chi connectivity index (χ2n) is 7.30. The second kappa shape index (κ2) is 9.11. The summed E-state index contributed by atoms with van der Waals surface area (Å²) < 4.78 is 5.47. The van der Waals surface area contributed by atoms with Gasteiger partial charge in [-0.1, -0.05) is 72.3 Å². The van der Waals surface area contributed by atoms with E-state index >= 15 is 0 Å². The Kier molecular flexibility index (Phi) is 6.09. The highest BCUT2D eigenvalue weighted by Gasteiger charge is 2.28. The molecule has 0 heterocycles. The third kappa shape index (κ3) is 4.29. The number of anilines is 1. The largest absolute Gasteiger partial charge is 0.449 e. The zero-order valence-corrected chi connectivity index (χ0v) is 17.7. The summed E-state index contributed by atoms with van der Waals surface area (Å²) in [5.41, 5.74) is 10.4. The van der Waals surface area contributed by atoms with Crippen molar-refractivity contribution >= 4 is 35.1 Å². The summed E-state index contributed by atoms with van der Waals surface area (Å²) >= 11 is 6.09. The molecule has 162 valence electrons. The molecule has 4 rings (SSSR count). The van der Waals surface area contributed by atoms with Gasteiger partial charge in [0.1, 0.15) is 12.3 Å². The van der Waals surface area contributed by atoms with E-state index in [1.54, 1.807) is 12.2 Å². The van der Waals surface area contributed by atoms with Crippen LogP contribution in [0.15, 0.2) is 66.7 Å². The molecule has 0 saturated carbocycles. The topological polar surface area (TPSA) is 107 Å². The van der Waals surface area contributed by atoms with Crippen LogP contribution in [0.5, 0.6) is 0 Å². The molecular weight excluding hydrogens is 430 g/mol. The van der Waals surface area contributed by atoms with Crippen molar-refractivity contribution in [1.29, 1.82) is 0 Å². The van der Waals surface area contributed by atoms with E-state index in [9.17, 15) is 14.9 Å². The first-order chi connectivity index (χ1) is 15.5. The summed E-state index contributed by atoms with van der Waals surface area (Å²) in [6.07, 6.45) is 2.66. The molecule has 0 saturated heterocycles. The number of alkyl carbamates (subject to hydrolysis) is 1. The van der Waals surface area contributed by atoms with Gasteiger partial charge < -0.3 is 15.8 Å². The quantitative estimate of drug-likeness (QED) is 0.298. The van der Waals surface area contributed by atoms with Gasteiger partial charge in [0.2, 0.25) is 0 Å². The molecule has 0 aromatic heterocycles. The Hall–Kier alpha value is -3.84. The van der Waals surface area contributed by atoms with Crippen LogP contribution < -0.4 is 11.1 Å². The van der Waals surface area contributed by atoms with Gasteiger partial charge in [0.15, 0.2) is 0 Å². The fourth-order valence-corrected chi connectivity index (χ4v) is 4.09. The van der Waals surface area contributed by atoms with Gasteiger partial charge in [0.05, 0.1) is 9.95 Å². The highest BCUT2D eigenvalue weighted by Crippen LogP contribution is 2.44. The fraction of sp³-hybridized carbons (Fsp3) is 0.125. The number of hydrogen-bond donors (Lipinski definition) is 2. The maximum Gasteiger partial charge on any atom is 0.407 e. The van der Waals surface area contributed by atoms with Gasteiger partial charge in [-0.2, -0.15) is 0 Å². The minimum absolute atomic E-state index is 0.00564.